The van der Waals surface area contributed by atoms with Gasteiger partial charge < -0.3 is 19.7 Å². The van der Waals surface area contributed by atoms with Crippen LogP contribution in [0.1, 0.15) is 51.5 Å². The normalized spacial score (nSPS) is 21.0. The molecule has 150 valence electrons. The Bertz CT molecular complexity index is 619. The highest BCUT2D eigenvalue weighted by molar-refractivity contribution is 7.80. The summed E-state index contributed by atoms with van der Waals surface area (Å²) in [5.41, 5.74) is 1.26. The Hall–Kier alpha value is -1.53. The van der Waals surface area contributed by atoms with Crippen molar-refractivity contribution in [1.29, 1.82) is 0 Å². The van der Waals surface area contributed by atoms with Crippen molar-refractivity contribution in [3.63, 3.8) is 0 Å². The molecule has 0 aromatic heterocycles. The third-order valence-corrected chi connectivity index (χ3v) is 6.01. The lowest BCUT2D eigenvalue weighted by Crippen LogP contribution is -3.20. The van der Waals surface area contributed by atoms with E-state index >= 15 is 0 Å². The molecule has 1 aromatic rings. The summed E-state index contributed by atoms with van der Waals surface area (Å²) < 4.78 is 11.4. The number of thiocarbonyl (C=S) groups is 1. The number of nitrogens with one attached hydrogen (secondary N) is 2. The van der Waals surface area contributed by atoms with Crippen LogP contribution in [0.25, 0.3) is 0 Å². The molecule has 0 amide bonds. The molecule has 1 saturated heterocycles. The molecule has 1 aromatic carbocycles. The molecule has 0 bridgehead atoms. The van der Waals surface area contributed by atoms with E-state index in [1.807, 2.05) is 19.9 Å². The van der Waals surface area contributed by atoms with Gasteiger partial charge in [-0.3, -0.25) is 4.90 Å². The summed E-state index contributed by atoms with van der Waals surface area (Å²) in [6.07, 6.45) is 7.82. The number of benzene rings is 1. The third kappa shape index (κ3) is 5.48. The van der Waals surface area contributed by atoms with E-state index in [0.29, 0.717) is 13.2 Å². The van der Waals surface area contributed by atoms with Gasteiger partial charge in [-0.25, -0.2) is 0 Å². The second kappa shape index (κ2) is 10.1. The fourth-order valence-electron chi connectivity index (χ4n) is 4.15. The van der Waals surface area contributed by atoms with Crippen molar-refractivity contribution in [2.24, 2.45) is 0 Å². The predicted molar refractivity (Wildman–Crippen MR) is 112 cm³/mol. The summed E-state index contributed by atoms with van der Waals surface area (Å²) in [4.78, 5) is 3.98. The van der Waals surface area contributed by atoms with Gasteiger partial charge in [0.15, 0.2) is 29.9 Å². The van der Waals surface area contributed by atoms with Crippen molar-refractivity contribution >= 4 is 17.3 Å². The van der Waals surface area contributed by atoms with Gasteiger partial charge in [-0.05, 0) is 75.9 Å². The maximum atomic E-state index is 5.76. The van der Waals surface area contributed by atoms with Crippen molar-refractivity contribution in [2.75, 3.05) is 33.1 Å². The Kier molecular flexibility index (Phi) is 7.59. The van der Waals surface area contributed by atoms with Crippen molar-refractivity contribution in [2.45, 2.75) is 58.4 Å². The lowest BCUT2D eigenvalue weighted by molar-refractivity contribution is -0.940. The largest absolute Gasteiger partial charge is 0.490 e. The highest BCUT2D eigenvalue weighted by Crippen LogP contribution is 2.28. The zero-order valence-corrected chi connectivity index (χ0v) is 17.6. The quantitative estimate of drug-likeness (QED) is 0.665. The maximum Gasteiger partial charge on any atom is 0.177 e. The van der Waals surface area contributed by atoms with E-state index in [1.165, 1.54) is 37.7 Å². The SMILES string of the molecule is CCOc1ccc(CCN2C[NH+](C3CCCCC3)CNC2=S)cc1OCC. The van der Waals surface area contributed by atoms with E-state index in [4.69, 9.17) is 21.7 Å². The number of nitrogens with zero attached hydrogens (tertiary/aromatic N) is 1. The molecule has 5 nitrogen and oxygen atoms in total. The number of hydrogen-bond acceptors (Lipinski definition) is 3. The summed E-state index contributed by atoms with van der Waals surface area (Å²) in [7, 11) is 0. The van der Waals surface area contributed by atoms with Crippen LogP contribution in [0.2, 0.25) is 0 Å². The van der Waals surface area contributed by atoms with Crippen molar-refractivity contribution in [3.8, 4) is 11.5 Å². The Morgan fingerprint density at radius 3 is 2.59 bits per heavy atom. The van der Waals surface area contributed by atoms with E-state index in [9.17, 15) is 0 Å². The monoisotopic (exact) mass is 392 g/mol. The van der Waals surface area contributed by atoms with Gasteiger partial charge in [-0.1, -0.05) is 12.5 Å². The number of ether oxygens (including phenoxy) is 2. The molecule has 0 spiro atoms. The summed E-state index contributed by atoms with van der Waals surface area (Å²) in [5.74, 6) is 1.66. The minimum Gasteiger partial charge on any atom is -0.490 e. The zero-order valence-electron chi connectivity index (χ0n) is 16.8. The molecule has 1 aliphatic heterocycles. The predicted octanol–water partition coefficient (Wildman–Crippen LogP) is 2.35. The average molecular weight is 393 g/mol. The fraction of sp³-hybridized carbons (Fsp3) is 0.667. The lowest BCUT2D eigenvalue weighted by atomic mass is 9.94. The molecule has 1 atom stereocenters. The van der Waals surface area contributed by atoms with Gasteiger partial charge in [0, 0.05) is 6.54 Å². The molecule has 2 fully saturated rings. The van der Waals surface area contributed by atoms with E-state index < -0.39 is 0 Å². The first-order chi connectivity index (χ1) is 13.2. The number of rotatable bonds is 8. The van der Waals surface area contributed by atoms with Gasteiger partial charge in [0.1, 0.15) is 0 Å². The van der Waals surface area contributed by atoms with Crippen LogP contribution in [-0.4, -0.2) is 49.2 Å². The lowest BCUT2D eigenvalue weighted by Gasteiger charge is -2.40. The zero-order chi connectivity index (χ0) is 19.1. The van der Waals surface area contributed by atoms with E-state index in [2.05, 4.69) is 22.3 Å². The van der Waals surface area contributed by atoms with Crippen LogP contribution in [0.5, 0.6) is 11.5 Å². The first kappa shape index (κ1) is 20.2. The Balaban J connectivity index is 1.59. The van der Waals surface area contributed by atoms with E-state index in [-0.39, 0.29) is 0 Å². The fourth-order valence-corrected chi connectivity index (χ4v) is 4.38. The van der Waals surface area contributed by atoms with Gasteiger partial charge in [0.05, 0.1) is 19.3 Å². The third-order valence-electron chi connectivity index (χ3n) is 5.61. The van der Waals surface area contributed by atoms with Crippen LogP contribution < -0.4 is 19.7 Å². The van der Waals surface area contributed by atoms with Crippen LogP contribution >= 0.6 is 12.2 Å². The average Bonchev–Trinajstić information content (AvgIpc) is 2.70. The van der Waals surface area contributed by atoms with Gasteiger partial charge in [0.25, 0.3) is 0 Å². The van der Waals surface area contributed by atoms with Crippen molar-refractivity contribution in [1.82, 2.24) is 10.2 Å². The van der Waals surface area contributed by atoms with Gasteiger partial charge >= 0.3 is 0 Å². The minimum absolute atomic E-state index is 0.642. The highest BCUT2D eigenvalue weighted by atomic mass is 32.1. The Morgan fingerprint density at radius 1 is 1.11 bits per heavy atom. The molecule has 1 saturated carbocycles. The van der Waals surface area contributed by atoms with Crippen LogP contribution in [0.4, 0.5) is 0 Å². The van der Waals surface area contributed by atoms with Crippen molar-refractivity contribution < 1.29 is 14.4 Å². The van der Waals surface area contributed by atoms with Gasteiger partial charge in [-0.15, -0.1) is 0 Å². The molecular weight excluding hydrogens is 358 g/mol. The summed E-state index contributed by atoms with van der Waals surface area (Å²) >= 11 is 5.58. The molecule has 1 aliphatic carbocycles. The molecule has 27 heavy (non-hydrogen) atoms. The minimum atomic E-state index is 0.642. The smallest absolute Gasteiger partial charge is 0.177 e. The van der Waals surface area contributed by atoms with Gasteiger partial charge in [0.2, 0.25) is 0 Å². The molecule has 1 heterocycles. The molecule has 2 N–H and O–H groups in total. The maximum absolute atomic E-state index is 5.76. The van der Waals surface area contributed by atoms with Crippen LogP contribution in [0, 0.1) is 0 Å². The highest BCUT2D eigenvalue weighted by Gasteiger charge is 2.30. The van der Waals surface area contributed by atoms with Crippen LogP contribution in [-0.2, 0) is 6.42 Å². The molecule has 2 aliphatic rings. The summed E-state index contributed by atoms with van der Waals surface area (Å²) in [6.45, 7) is 8.21. The molecule has 0 radical (unpaired) electrons. The van der Waals surface area contributed by atoms with Crippen LogP contribution in [0.15, 0.2) is 18.2 Å². The topological polar surface area (TPSA) is 38.2 Å². The number of hydrogen-bond donors (Lipinski definition) is 2. The summed E-state index contributed by atoms with van der Waals surface area (Å²) in [6, 6.07) is 7.06. The van der Waals surface area contributed by atoms with Gasteiger partial charge in [-0.2, -0.15) is 0 Å². The first-order valence-corrected chi connectivity index (χ1v) is 10.9. The molecular formula is C21H34N3O2S+. The Morgan fingerprint density at radius 2 is 1.85 bits per heavy atom. The van der Waals surface area contributed by atoms with E-state index in [0.717, 1.165) is 49.0 Å². The second-order valence-electron chi connectivity index (χ2n) is 7.47. The second-order valence-corrected chi connectivity index (χ2v) is 7.86. The first-order valence-electron chi connectivity index (χ1n) is 10.5. The Labute approximate surface area is 169 Å². The summed E-state index contributed by atoms with van der Waals surface area (Å²) in [5, 5.41) is 4.34. The molecule has 1 unspecified atom stereocenters. The molecule has 3 rings (SSSR count). The molecule has 6 heteroatoms. The van der Waals surface area contributed by atoms with E-state index in [1.54, 1.807) is 4.90 Å². The number of quaternary nitrogens is 1. The van der Waals surface area contributed by atoms with Crippen LogP contribution in [0.3, 0.4) is 0 Å². The standard InChI is InChI=1S/C21H33N3O2S/c1-3-25-19-11-10-17(14-20(19)26-4-2)12-13-23-16-24(15-22-21(23)27)18-8-6-5-7-9-18/h10-11,14,18H,3-9,12-13,15-16H2,1-2H3,(H,22,27)/p+1. The van der Waals surface area contributed by atoms with Crippen molar-refractivity contribution in [3.05, 3.63) is 23.8 Å².